The van der Waals surface area contributed by atoms with E-state index in [1.54, 1.807) is 0 Å². The van der Waals surface area contributed by atoms with E-state index < -0.39 is 5.97 Å². The smallest absolute Gasteiger partial charge is 0.303 e. The van der Waals surface area contributed by atoms with Gasteiger partial charge in [0.15, 0.2) is 0 Å². The maximum Gasteiger partial charge on any atom is 0.303 e. The Morgan fingerprint density at radius 1 is 1.03 bits per heavy atom. The molecule has 172 valence electrons. The van der Waals surface area contributed by atoms with Gasteiger partial charge in [0.25, 0.3) is 0 Å². The molecule has 1 unspecified atom stereocenters. The van der Waals surface area contributed by atoms with E-state index in [0.29, 0.717) is 18.9 Å². The molecule has 1 N–H and O–H groups in total. The second-order valence-corrected chi connectivity index (χ2v) is 9.73. The van der Waals surface area contributed by atoms with Crippen LogP contribution in [-0.4, -0.2) is 41.7 Å². The van der Waals surface area contributed by atoms with Gasteiger partial charge in [-0.2, -0.15) is 0 Å². The molecule has 0 amide bonds. The normalized spacial score (nSPS) is 19.8. The molecule has 32 heavy (non-hydrogen) atoms. The van der Waals surface area contributed by atoms with Gasteiger partial charge in [0.1, 0.15) is 5.75 Å². The molecule has 0 spiro atoms. The molecular formula is C27H34ClNO3. The molecule has 0 radical (unpaired) electrons. The van der Waals surface area contributed by atoms with Crippen molar-refractivity contribution in [3.05, 3.63) is 53.1 Å². The average Bonchev–Trinajstić information content (AvgIpc) is 3.28. The minimum atomic E-state index is -0.793. The van der Waals surface area contributed by atoms with Crippen molar-refractivity contribution in [1.29, 1.82) is 0 Å². The van der Waals surface area contributed by atoms with Gasteiger partial charge in [-0.3, -0.25) is 4.79 Å². The number of benzene rings is 2. The maximum absolute atomic E-state index is 10.6. The number of carboxylic acid groups (broad SMARTS) is 1. The van der Waals surface area contributed by atoms with Crippen LogP contribution in [0.4, 0.5) is 0 Å². The molecule has 4 rings (SSSR count). The number of ether oxygens (including phenoxy) is 1. The summed E-state index contributed by atoms with van der Waals surface area (Å²) in [4.78, 5) is 13.3. The molecule has 2 aromatic rings. The third-order valence-electron chi connectivity index (χ3n) is 6.96. The van der Waals surface area contributed by atoms with Crippen LogP contribution in [-0.2, 0) is 11.2 Å². The number of carboxylic acids is 1. The summed E-state index contributed by atoms with van der Waals surface area (Å²) in [7, 11) is 0. The molecule has 0 bridgehead atoms. The SMILES string of the molecule is O=C(O)CCCOc1ccc(-c2ccc(CC3CCN(C4CCCCC4)C3)c(Cl)c2)cc1. The Labute approximate surface area is 196 Å². The highest BCUT2D eigenvalue weighted by Gasteiger charge is 2.29. The predicted octanol–water partition coefficient (Wildman–Crippen LogP) is 6.45. The maximum atomic E-state index is 10.6. The number of likely N-dealkylation sites (tertiary alicyclic amines) is 1. The molecule has 0 aromatic heterocycles. The highest BCUT2D eigenvalue weighted by molar-refractivity contribution is 6.31. The Morgan fingerprint density at radius 3 is 2.50 bits per heavy atom. The van der Waals surface area contributed by atoms with Gasteiger partial charge in [0.05, 0.1) is 6.61 Å². The molecule has 2 fully saturated rings. The van der Waals surface area contributed by atoms with Gasteiger partial charge in [0, 0.05) is 24.0 Å². The van der Waals surface area contributed by atoms with Crippen molar-refractivity contribution in [2.45, 2.75) is 63.8 Å². The van der Waals surface area contributed by atoms with Crippen molar-refractivity contribution in [2.24, 2.45) is 5.92 Å². The number of rotatable bonds is 9. The van der Waals surface area contributed by atoms with Crippen molar-refractivity contribution in [2.75, 3.05) is 19.7 Å². The number of hydrogen-bond donors (Lipinski definition) is 1. The zero-order valence-corrected chi connectivity index (χ0v) is 19.5. The molecule has 4 nitrogen and oxygen atoms in total. The standard InChI is InChI=1S/C27H34ClNO3/c28-26-18-22(21-10-12-25(13-11-21)32-16-4-7-27(30)31)8-9-23(26)17-20-14-15-29(19-20)24-5-2-1-3-6-24/h8-13,18,20,24H,1-7,14-17,19H2,(H,30,31). The minimum Gasteiger partial charge on any atom is -0.494 e. The summed E-state index contributed by atoms with van der Waals surface area (Å²) in [6.45, 7) is 2.87. The lowest BCUT2D eigenvalue weighted by Gasteiger charge is -2.31. The summed E-state index contributed by atoms with van der Waals surface area (Å²) in [5, 5.41) is 9.55. The van der Waals surface area contributed by atoms with Crippen molar-refractivity contribution in [1.82, 2.24) is 4.90 Å². The second kappa shape index (κ2) is 11.2. The molecule has 1 aliphatic heterocycles. The van der Waals surface area contributed by atoms with Crippen molar-refractivity contribution >= 4 is 17.6 Å². The largest absolute Gasteiger partial charge is 0.494 e. The van der Waals surface area contributed by atoms with Gasteiger partial charge in [-0.15, -0.1) is 0 Å². The van der Waals surface area contributed by atoms with E-state index in [-0.39, 0.29) is 6.42 Å². The van der Waals surface area contributed by atoms with Crippen molar-refractivity contribution < 1.29 is 14.6 Å². The molecular weight excluding hydrogens is 422 g/mol. The summed E-state index contributed by atoms with van der Waals surface area (Å²) in [6.07, 6.45) is 9.96. The first-order valence-electron chi connectivity index (χ1n) is 12.1. The van der Waals surface area contributed by atoms with E-state index in [4.69, 9.17) is 21.4 Å². The van der Waals surface area contributed by atoms with Crippen molar-refractivity contribution in [3.8, 4) is 16.9 Å². The lowest BCUT2D eigenvalue weighted by Crippen LogP contribution is -2.35. The molecule has 1 aliphatic carbocycles. The van der Waals surface area contributed by atoms with Gasteiger partial charge >= 0.3 is 5.97 Å². The van der Waals surface area contributed by atoms with Gasteiger partial charge < -0.3 is 14.7 Å². The fraction of sp³-hybridized carbons (Fsp3) is 0.519. The van der Waals surface area contributed by atoms with Crippen LogP contribution in [0.1, 0.15) is 56.9 Å². The van der Waals surface area contributed by atoms with E-state index in [1.807, 2.05) is 24.3 Å². The van der Waals surface area contributed by atoms with Crippen LogP contribution in [0.25, 0.3) is 11.1 Å². The zero-order valence-electron chi connectivity index (χ0n) is 18.8. The Morgan fingerprint density at radius 2 is 1.78 bits per heavy atom. The molecule has 1 saturated carbocycles. The van der Waals surface area contributed by atoms with Crippen molar-refractivity contribution in [3.63, 3.8) is 0 Å². The fourth-order valence-corrected chi connectivity index (χ4v) is 5.43. The van der Waals surface area contributed by atoms with Crippen LogP contribution in [0.3, 0.4) is 0 Å². The third-order valence-corrected chi connectivity index (χ3v) is 7.31. The van der Waals surface area contributed by atoms with Crippen LogP contribution in [0.2, 0.25) is 5.02 Å². The topological polar surface area (TPSA) is 49.8 Å². The molecule has 1 heterocycles. The van der Waals surface area contributed by atoms with Crippen LogP contribution in [0.5, 0.6) is 5.75 Å². The second-order valence-electron chi connectivity index (χ2n) is 9.32. The number of carbonyl (C=O) groups is 1. The quantitative estimate of drug-likeness (QED) is 0.441. The van der Waals surface area contributed by atoms with Crippen LogP contribution in [0, 0.1) is 5.92 Å². The highest BCUT2D eigenvalue weighted by atomic mass is 35.5. The van der Waals surface area contributed by atoms with E-state index >= 15 is 0 Å². The first-order valence-corrected chi connectivity index (χ1v) is 12.4. The average molecular weight is 456 g/mol. The van der Waals surface area contributed by atoms with E-state index in [0.717, 1.165) is 34.4 Å². The van der Waals surface area contributed by atoms with Crippen LogP contribution in [0.15, 0.2) is 42.5 Å². The molecule has 1 saturated heterocycles. The van der Waals surface area contributed by atoms with Gasteiger partial charge in [-0.25, -0.2) is 0 Å². The molecule has 2 aliphatic rings. The summed E-state index contributed by atoms with van der Waals surface area (Å²) in [5.74, 6) is 0.669. The van der Waals surface area contributed by atoms with Gasteiger partial charge in [0.2, 0.25) is 0 Å². The van der Waals surface area contributed by atoms with E-state index in [9.17, 15) is 4.79 Å². The van der Waals surface area contributed by atoms with Gasteiger partial charge in [-0.1, -0.05) is 55.1 Å². The summed E-state index contributed by atoms with van der Waals surface area (Å²) in [5.41, 5.74) is 3.46. The Bertz CT molecular complexity index is 892. The number of nitrogens with zero attached hydrogens (tertiary/aromatic N) is 1. The first kappa shape index (κ1) is 23.1. The number of hydrogen-bond acceptors (Lipinski definition) is 3. The molecule has 2 aromatic carbocycles. The summed E-state index contributed by atoms with van der Waals surface area (Å²) in [6, 6.07) is 15.2. The Hall–Kier alpha value is -2.04. The third kappa shape index (κ3) is 6.26. The predicted molar refractivity (Wildman–Crippen MR) is 130 cm³/mol. The number of halogens is 1. The monoisotopic (exact) mass is 455 g/mol. The van der Waals surface area contributed by atoms with E-state index in [1.165, 1.54) is 57.2 Å². The lowest BCUT2D eigenvalue weighted by molar-refractivity contribution is -0.137. The number of aliphatic carboxylic acids is 1. The summed E-state index contributed by atoms with van der Waals surface area (Å²) >= 11 is 6.70. The van der Waals surface area contributed by atoms with Gasteiger partial charge in [-0.05, 0) is 79.5 Å². The fourth-order valence-electron chi connectivity index (χ4n) is 5.17. The first-order chi connectivity index (χ1) is 15.6. The lowest BCUT2D eigenvalue weighted by atomic mass is 9.94. The Balaban J connectivity index is 1.30. The molecule has 1 atom stereocenters. The summed E-state index contributed by atoms with van der Waals surface area (Å²) < 4.78 is 5.62. The zero-order chi connectivity index (χ0) is 22.3. The molecule has 5 heteroatoms. The highest BCUT2D eigenvalue weighted by Crippen LogP contribution is 2.32. The van der Waals surface area contributed by atoms with Crippen LogP contribution >= 0.6 is 11.6 Å². The van der Waals surface area contributed by atoms with E-state index in [2.05, 4.69) is 23.1 Å². The minimum absolute atomic E-state index is 0.127. The Kier molecular flexibility index (Phi) is 8.10. The van der Waals surface area contributed by atoms with Crippen LogP contribution < -0.4 is 4.74 Å².